The van der Waals surface area contributed by atoms with E-state index in [-0.39, 0.29) is 174 Å². The van der Waals surface area contributed by atoms with E-state index in [1.54, 1.807) is 91.0 Å². The molecule has 4 atom stereocenters. The molecule has 3 radical (unpaired) electrons. The molecule has 23 nitrogen and oxygen atoms in total. The number of phenols is 1. The van der Waals surface area contributed by atoms with Crippen LogP contribution in [0, 0.1) is 31.6 Å². The molecule has 2 heterocycles. The second-order valence-corrected chi connectivity index (χ2v) is 31.1. The fourth-order valence-corrected chi connectivity index (χ4v) is 13.1. The zero-order valence-corrected chi connectivity index (χ0v) is 85.9. The van der Waals surface area contributed by atoms with Crippen LogP contribution in [0.15, 0.2) is 437 Å². The van der Waals surface area contributed by atoms with Crippen LogP contribution in [0.4, 0.5) is 4.79 Å². The summed E-state index contributed by atoms with van der Waals surface area (Å²) in [6.07, 6.45) is 10.5. The quantitative estimate of drug-likeness (QED) is 0.00570. The van der Waals surface area contributed by atoms with Crippen LogP contribution in [-0.2, 0) is 125 Å². The first kappa shape index (κ1) is 133. The number of aliphatic hydroxyl groups excluding tert-OH is 11. The summed E-state index contributed by atoms with van der Waals surface area (Å²) in [5.41, 5.74) is 14.2. The number of aldehydes is 2. The van der Waals surface area contributed by atoms with Crippen molar-refractivity contribution >= 4 is 74.1 Å². The number of ether oxygens (including phenoxy) is 4. The molecule has 1 saturated carbocycles. The minimum absolute atomic E-state index is 0. The Kier molecular flexibility index (Phi) is 78.2. The van der Waals surface area contributed by atoms with Gasteiger partial charge in [0.1, 0.15) is 44.6 Å². The maximum atomic E-state index is 12.6. The predicted octanol–water partition coefficient (Wildman–Crippen LogP) is 17.6. The number of Topliss-reactive ketones (excluding diaryl/α,β-unsaturated/α-hetero) is 2. The Morgan fingerprint density at radius 1 is 0.356 bits per heavy atom. The van der Waals surface area contributed by atoms with E-state index in [1.165, 1.54) is 35.7 Å². The molecule has 12 N–H and O–H groups in total. The largest absolute Gasteiger partial charge is 1.00 e. The van der Waals surface area contributed by atoms with Gasteiger partial charge in [0.15, 0.2) is 11.6 Å². The number of carbonyl (C=O) groups is 7. The second kappa shape index (κ2) is 87.8. The molecule has 0 spiro atoms. The SMILES string of the molecule is C.Cc1ccccc1.ClCc1ccccc1.O=C(Cl)Oc1ccccc1.O=C1C(c2cccc(CO)c2)C(=O)C2C3C=CC(O3)C12.O=COCc1cccc(CO)c1.O=COCc1cccc(CO)c1.O=Cc1ccc(O)c(CO)c1.O=Cc1cccc(CO)c1.OCc1cccc(CO)c1.OCc1ccccc1.OCc1ccccc1.OCc1ccccc1.OCc1ccccc1.[2H]C#C.[B].[H-].[Na+].c1ccccc1.c1ccccc1. The summed E-state index contributed by atoms with van der Waals surface area (Å²) in [6, 6.07) is 131. The summed E-state index contributed by atoms with van der Waals surface area (Å²) in [5.74, 6) is -0.314. The van der Waals surface area contributed by atoms with E-state index in [4.69, 9.17) is 85.5 Å². The smallest absolute Gasteiger partial charge is 1.00 e. The summed E-state index contributed by atoms with van der Waals surface area (Å²) >= 11 is 10.5. The number of fused-ring (bicyclic) bond motifs is 5. The van der Waals surface area contributed by atoms with Crippen LogP contribution >= 0.6 is 23.2 Å². The topological polar surface area (TPSA) is 399 Å². The number of halogens is 2. The summed E-state index contributed by atoms with van der Waals surface area (Å²) in [6.45, 7) is 3.71. The Bertz CT molecular complexity index is 5650. The van der Waals surface area contributed by atoms with Crippen molar-refractivity contribution in [3.8, 4) is 24.3 Å². The molecule has 0 aromatic heterocycles. The number of rotatable bonds is 22. The zero-order valence-electron chi connectivity index (χ0n) is 84.4. The predicted molar refractivity (Wildman–Crippen MR) is 583 cm³/mol. The molecule has 15 aromatic carbocycles. The second-order valence-electron chi connectivity index (χ2n) is 30.5. The van der Waals surface area contributed by atoms with Crippen molar-refractivity contribution in [3.05, 3.63) is 537 Å². The van der Waals surface area contributed by atoms with Crippen molar-refractivity contribution in [2.45, 2.75) is 124 Å². The third-order valence-corrected chi connectivity index (χ3v) is 20.3. The van der Waals surface area contributed by atoms with Crippen molar-refractivity contribution < 1.29 is 146 Å². The molecule has 27 heteroatoms. The average Bonchev–Trinajstić information content (AvgIpc) is 1.56. The van der Waals surface area contributed by atoms with Crippen LogP contribution in [0.3, 0.4) is 0 Å². The number of benzene rings is 15. The van der Waals surface area contributed by atoms with Gasteiger partial charge >= 0.3 is 35.0 Å². The normalized spacial score (nSPS) is 12.7. The van der Waals surface area contributed by atoms with E-state index < -0.39 is 11.3 Å². The number of aliphatic hydroxyl groups is 11. The summed E-state index contributed by atoms with van der Waals surface area (Å²) < 4.78 is 25.0. The van der Waals surface area contributed by atoms with Gasteiger partial charge in [-0.2, -0.15) is 0 Å². The van der Waals surface area contributed by atoms with Crippen molar-refractivity contribution in [1.29, 1.82) is 0 Å². The van der Waals surface area contributed by atoms with Gasteiger partial charge in [0.25, 0.3) is 12.9 Å². The van der Waals surface area contributed by atoms with Gasteiger partial charge in [-0.15, -0.1) is 24.4 Å². The van der Waals surface area contributed by atoms with Gasteiger partial charge in [-0.25, -0.2) is 4.79 Å². The first-order valence-corrected chi connectivity index (χ1v) is 46.5. The van der Waals surface area contributed by atoms with Gasteiger partial charge in [0.05, 0.1) is 96.7 Å². The van der Waals surface area contributed by atoms with Gasteiger partial charge in [-0.05, 0) is 121 Å². The third kappa shape index (κ3) is 59.3. The number of aromatic hydroxyl groups is 1. The summed E-state index contributed by atoms with van der Waals surface area (Å²) in [7, 11) is 0. The number of terminal acetylenes is 1. The van der Waals surface area contributed by atoms with Gasteiger partial charge in [-0.3, -0.25) is 28.8 Å². The van der Waals surface area contributed by atoms with Gasteiger partial charge < -0.3 is 81.7 Å². The van der Waals surface area contributed by atoms with Crippen molar-refractivity contribution in [3.63, 3.8) is 0 Å². The Hall–Kier alpha value is -14.3. The Balaban J connectivity index is 0. The molecule has 18 rings (SSSR count). The number of hydrogen-bond acceptors (Lipinski definition) is 23. The zero-order chi connectivity index (χ0) is 107. The van der Waals surface area contributed by atoms with Crippen molar-refractivity contribution in [2.75, 3.05) is 0 Å². The maximum absolute atomic E-state index is 12.6. The Morgan fingerprint density at radius 3 is 0.893 bits per heavy atom. The van der Waals surface area contributed by atoms with Gasteiger partial charge in [0.2, 0.25) is 0 Å². The van der Waals surface area contributed by atoms with Crippen LogP contribution < -0.4 is 34.3 Å². The Labute approximate surface area is 911 Å². The molecule has 1 saturated heterocycles. The summed E-state index contributed by atoms with van der Waals surface area (Å²) in [4.78, 5) is 75.5. The third-order valence-electron chi connectivity index (χ3n) is 19.9. The molecule has 2 aliphatic heterocycles. The Morgan fingerprint density at radius 2 is 0.617 bits per heavy atom. The standard InChI is InChI=1S/C16H14O4.2C9H10O3.C8H8O3.C8H10O2.C8H8O2.C7H5ClO2.C7H7Cl.4C7H8O.C7H8.2C6H6.C2H2.CH4.B.Na.H/c17-7-8-2-1-3-9(6-8)12-15(18)13-10-4-5-11(20-10)14(13)16(12)19;2*10-5-8-2-1-3-9(4-8)6-12-7-11;9-4-6-1-2-8(11)7(3-6)5-10;2*9-5-7-2-1-3-8(4-7)6-10;8-7(9)10-6-4-2-1-3-5-6;5*8-6-7-4-2-1-3-5-7;1-7-5-3-2-4-6-7;2*1-2-4-6-5-3-1;1-2;;;;/h1-6,10-14,17H,7H2;2*1-4,7,10H,5-6H2;1-4,10-11H,5H2;1-4,9-10H,5-6H2;1-5,10H,6H2;1-5H;1-5H,6H2;4*1-5,8H,6H2;2-6H,1H3;2*1-6H;1-2H;1H4;;;/q;;;;;;;;;;;;;;;;;;+1;-1/i;;;;;;;;;;;;;;;1D;;;;. The van der Waals surface area contributed by atoms with E-state index in [0.29, 0.717) is 53.1 Å². The number of aryl methyl sites for hydroxylation is 1. The van der Waals surface area contributed by atoms with Crippen molar-refractivity contribution in [1.82, 2.24) is 0 Å². The van der Waals surface area contributed by atoms with Crippen molar-refractivity contribution in [2.24, 2.45) is 11.8 Å². The molecule has 0 amide bonds. The van der Waals surface area contributed by atoms with E-state index >= 15 is 0 Å². The molecule has 4 unspecified atom stereocenters. The van der Waals surface area contributed by atoms with E-state index in [1.807, 2.05) is 315 Å². The maximum Gasteiger partial charge on any atom is 1.00 e. The number of carbonyl (C=O) groups excluding carboxylic acids is 7. The number of para-hydroxylation sites is 1. The molecule has 1 aliphatic carbocycles. The fraction of sp³-hybridized carbons (Fsp3) is 0.172. The number of ketones is 2. The molecule has 2 fully saturated rings. The van der Waals surface area contributed by atoms with E-state index in [2.05, 4.69) is 39.7 Å². The van der Waals surface area contributed by atoms with Crippen LogP contribution in [0.1, 0.15) is 126 Å². The monoisotopic (exact) mass is 2070 g/mol. The molecule has 3 aliphatic rings. The minimum atomic E-state index is -0.814. The summed E-state index contributed by atoms with van der Waals surface area (Å²) in [5, 5.41) is 105. The van der Waals surface area contributed by atoms with Crippen LogP contribution in [0.2, 0.25) is 0 Å². The van der Waals surface area contributed by atoms with E-state index in [0.717, 1.165) is 73.0 Å². The molecular formula is C122H131BCl2NaO23. The number of alkyl halides is 1. The van der Waals surface area contributed by atoms with Crippen LogP contribution in [0.25, 0.3) is 0 Å². The minimum Gasteiger partial charge on any atom is -1.00 e. The first-order chi connectivity index (χ1) is 71.7. The molecule has 149 heavy (non-hydrogen) atoms. The average molecular weight is 2070 g/mol. The molecule has 2 bridgehead atoms. The van der Waals surface area contributed by atoms with Gasteiger partial charge in [-0.1, -0.05) is 413 Å². The van der Waals surface area contributed by atoms with Gasteiger partial charge in [0, 0.05) is 42.6 Å². The molecular weight excluding hydrogens is 1940 g/mol. The number of hydrogen-bond donors (Lipinski definition) is 12. The molecule has 775 valence electrons. The first-order valence-electron chi connectivity index (χ1n) is 46.1. The van der Waals surface area contributed by atoms with Crippen LogP contribution in [0.5, 0.6) is 11.5 Å². The van der Waals surface area contributed by atoms with Crippen LogP contribution in [-0.4, -0.2) is 124 Å². The molecule has 15 aromatic rings. The van der Waals surface area contributed by atoms with E-state index in [9.17, 15) is 38.7 Å². The fourth-order valence-electron chi connectivity index (χ4n) is 12.8.